The molecule has 108 valence electrons. The van der Waals surface area contributed by atoms with Crippen molar-refractivity contribution in [2.75, 3.05) is 6.54 Å². The lowest BCUT2D eigenvalue weighted by molar-refractivity contribution is 0.519. The summed E-state index contributed by atoms with van der Waals surface area (Å²) >= 11 is 1.28. The monoisotopic (exact) mass is 289 g/mol. The number of rotatable bonds is 6. The molecule has 1 N–H and O–H groups in total. The van der Waals surface area contributed by atoms with E-state index in [2.05, 4.69) is 53.9 Å². The van der Waals surface area contributed by atoms with Gasteiger partial charge in [0.1, 0.15) is 0 Å². The van der Waals surface area contributed by atoms with Gasteiger partial charge in [0, 0.05) is 0 Å². The van der Waals surface area contributed by atoms with E-state index in [1.807, 2.05) is 6.20 Å². The highest BCUT2D eigenvalue weighted by atomic mass is 32.1. The smallest absolute Gasteiger partial charge is 0.0915 e. The Kier molecular flexibility index (Phi) is 5.26. The zero-order chi connectivity index (χ0) is 14.5. The molecule has 0 saturated carbocycles. The quantitative estimate of drug-likeness (QED) is 0.880. The molecule has 1 aromatic heterocycles. The van der Waals surface area contributed by atoms with Gasteiger partial charge >= 0.3 is 0 Å². The van der Waals surface area contributed by atoms with Crippen LogP contribution in [0.2, 0.25) is 0 Å². The Bertz CT molecular complexity index is 526. The van der Waals surface area contributed by atoms with Gasteiger partial charge in [0.15, 0.2) is 0 Å². The first-order valence-electron chi connectivity index (χ1n) is 7.19. The van der Waals surface area contributed by atoms with Crippen LogP contribution in [0.1, 0.15) is 47.3 Å². The van der Waals surface area contributed by atoms with Crippen molar-refractivity contribution in [1.82, 2.24) is 14.1 Å². The van der Waals surface area contributed by atoms with Crippen LogP contribution in [-0.4, -0.2) is 15.3 Å². The molecule has 0 saturated heterocycles. The molecule has 2 rings (SSSR count). The summed E-state index contributed by atoms with van der Waals surface area (Å²) in [5.41, 5.74) is 6.56. The van der Waals surface area contributed by atoms with Gasteiger partial charge in [-0.05, 0) is 56.8 Å². The summed E-state index contributed by atoms with van der Waals surface area (Å²) in [4.78, 5) is 0. The normalized spacial score (nSPS) is 12.6. The number of aromatic nitrogens is 2. The summed E-state index contributed by atoms with van der Waals surface area (Å²) in [6, 6.07) is 4.78. The maximum Gasteiger partial charge on any atom is 0.0915 e. The van der Waals surface area contributed by atoms with Crippen LogP contribution in [0.3, 0.4) is 0 Å². The van der Waals surface area contributed by atoms with E-state index in [4.69, 9.17) is 0 Å². The van der Waals surface area contributed by atoms with Gasteiger partial charge in [0.25, 0.3) is 0 Å². The largest absolute Gasteiger partial charge is 0.308 e. The fourth-order valence-corrected chi connectivity index (χ4v) is 3.13. The van der Waals surface area contributed by atoms with Crippen molar-refractivity contribution < 1.29 is 0 Å². The summed E-state index contributed by atoms with van der Waals surface area (Å²) < 4.78 is 8.55. The van der Waals surface area contributed by atoms with E-state index in [1.165, 1.54) is 34.0 Å². The molecule has 3 nitrogen and oxygen atoms in total. The van der Waals surface area contributed by atoms with Crippen LogP contribution < -0.4 is 5.32 Å². The third-order valence-corrected chi connectivity index (χ3v) is 4.12. The highest BCUT2D eigenvalue weighted by Crippen LogP contribution is 2.23. The number of hydrogen-bond acceptors (Lipinski definition) is 4. The van der Waals surface area contributed by atoms with Crippen molar-refractivity contribution in [3.63, 3.8) is 0 Å². The molecule has 1 heterocycles. The molecular formula is C16H23N3S. The lowest BCUT2D eigenvalue weighted by Gasteiger charge is -2.19. The average molecular weight is 289 g/mol. The molecule has 0 aliphatic carbocycles. The van der Waals surface area contributed by atoms with Crippen LogP contribution in [0, 0.1) is 20.8 Å². The molecule has 1 aromatic carbocycles. The highest BCUT2D eigenvalue weighted by Gasteiger charge is 2.16. The Morgan fingerprint density at radius 3 is 2.45 bits per heavy atom. The molecule has 2 aromatic rings. The van der Waals surface area contributed by atoms with Crippen molar-refractivity contribution in [3.8, 4) is 0 Å². The Hall–Kier alpha value is -1.26. The highest BCUT2D eigenvalue weighted by molar-refractivity contribution is 6.99. The van der Waals surface area contributed by atoms with Gasteiger partial charge in [0.2, 0.25) is 0 Å². The van der Waals surface area contributed by atoms with Gasteiger partial charge in [-0.25, -0.2) is 0 Å². The van der Waals surface area contributed by atoms with E-state index in [1.54, 1.807) is 0 Å². The summed E-state index contributed by atoms with van der Waals surface area (Å²) in [6.45, 7) is 9.75. The van der Waals surface area contributed by atoms with Crippen molar-refractivity contribution >= 4 is 11.7 Å². The van der Waals surface area contributed by atoms with Gasteiger partial charge in [-0.15, -0.1) is 0 Å². The second-order valence-corrected chi connectivity index (χ2v) is 5.98. The van der Waals surface area contributed by atoms with Gasteiger partial charge in [-0.3, -0.25) is 0 Å². The fraction of sp³-hybridized carbons (Fsp3) is 0.500. The summed E-state index contributed by atoms with van der Waals surface area (Å²) in [7, 11) is 0. The zero-order valence-electron chi connectivity index (χ0n) is 12.7. The van der Waals surface area contributed by atoms with Crippen LogP contribution in [0.25, 0.3) is 0 Å². The van der Waals surface area contributed by atoms with Crippen molar-refractivity contribution in [2.24, 2.45) is 0 Å². The first kappa shape index (κ1) is 15.1. The maximum absolute atomic E-state index is 4.41. The van der Waals surface area contributed by atoms with Crippen LogP contribution in [-0.2, 0) is 6.42 Å². The third kappa shape index (κ3) is 3.64. The van der Waals surface area contributed by atoms with Crippen molar-refractivity contribution in [1.29, 1.82) is 0 Å². The van der Waals surface area contributed by atoms with Gasteiger partial charge in [-0.2, -0.15) is 8.75 Å². The Balaban J connectivity index is 2.24. The van der Waals surface area contributed by atoms with Gasteiger partial charge in [-0.1, -0.05) is 24.6 Å². The molecule has 0 amide bonds. The fourth-order valence-electron chi connectivity index (χ4n) is 2.66. The Labute approximate surface area is 125 Å². The molecule has 1 unspecified atom stereocenters. The molecule has 4 heteroatoms. The molecule has 0 fully saturated rings. The minimum absolute atomic E-state index is 0.258. The number of aryl methyl sites for hydroxylation is 3. The van der Waals surface area contributed by atoms with Crippen LogP contribution >= 0.6 is 11.7 Å². The summed E-state index contributed by atoms with van der Waals surface area (Å²) in [6.07, 6.45) is 3.99. The van der Waals surface area contributed by atoms with Crippen LogP contribution in [0.4, 0.5) is 0 Å². The predicted molar refractivity (Wildman–Crippen MR) is 85.3 cm³/mol. The summed E-state index contributed by atoms with van der Waals surface area (Å²) in [5, 5.41) is 3.59. The molecule has 0 aliphatic rings. The van der Waals surface area contributed by atoms with E-state index in [9.17, 15) is 0 Å². The van der Waals surface area contributed by atoms with E-state index in [-0.39, 0.29) is 6.04 Å². The molecule has 0 bridgehead atoms. The SMILES string of the molecule is CCCNC(Cc1c(C)cc(C)cc1C)c1cnsn1. The van der Waals surface area contributed by atoms with E-state index >= 15 is 0 Å². The minimum Gasteiger partial charge on any atom is -0.308 e. The molecule has 0 aliphatic heterocycles. The molecule has 0 spiro atoms. The van der Waals surface area contributed by atoms with E-state index in [0.717, 1.165) is 25.1 Å². The maximum atomic E-state index is 4.41. The van der Waals surface area contributed by atoms with E-state index < -0.39 is 0 Å². The first-order valence-corrected chi connectivity index (χ1v) is 7.92. The lowest BCUT2D eigenvalue weighted by Crippen LogP contribution is -2.25. The Morgan fingerprint density at radius 1 is 1.20 bits per heavy atom. The van der Waals surface area contributed by atoms with Gasteiger partial charge in [0.05, 0.1) is 29.7 Å². The Morgan fingerprint density at radius 2 is 1.90 bits per heavy atom. The summed E-state index contributed by atoms with van der Waals surface area (Å²) in [5.74, 6) is 0. The third-order valence-electron chi connectivity index (χ3n) is 3.62. The molecule has 20 heavy (non-hydrogen) atoms. The molecular weight excluding hydrogens is 266 g/mol. The number of nitrogens with one attached hydrogen (secondary N) is 1. The second-order valence-electron chi connectivity index (χ2n) is 5.42. The lowest BCUT2D eigenvalue weighted by atomic mass is 9.93. The van der Waals surface area contributed by atoms with E-state index in [0.29, 0.717) is 0 Å². The number of benzene rings is 1. The standard InChI is InChI=1S/C16H23N3S/c1-5-6-17-15(16-10-18-20-19-16)9-14-12(3)7-11(2)8-13(14)4/h7-8,10,15,17H,5-6,9H2,1-4H3. The minimum atomic E-state index is 0.258. The van der Waals surface area contributed by atoms with Crippen molar-refractivity contribution in [2.45, 2.75) is 46.6 Å². The molecule has 1 atom stereocenters. The van der Waals surface area contributed by atoms with Crippen LogP contribution in [0.5, 0.6) is 0 Å². The van der Waals surface area contributed by atoms with Gasteiger partial charge < -0.3 is 5.32 Å². The average Bonchev–Trinajstić information content (AvgIpc) is 2.91. The van der Waals surface area contributed by atoms with Crippen molar-refractivity contribution in [3.05, 3.63) is 46.3 Å². The topological polar surface area (TPSA) is 37.8 Å². The number of hydrogen-bond donors (Lipinski definition) is 1. The second kappa shape index (κ2) is 6.95. The first-order chi connectivity index (χ1) is 9.61. The van der Waals surface area contributed by atoms with Crippen LogP contribution in [0.15, 0.2) is 18.3 Å². The zero-order valence-corrected chi connectivity index (χ0v) is 13.5. The number of nitrogens with zero attached hydrogens (tertiary/aromatic N) is 2. The predicted octanol–water partition coefficient (Wildman–Crippen LogP) is 3.75. The molecule has 0 radical (unpaired) electrons.